The topological polar surface area (TPSA) is 62.7 Å². The minimum absolute atomic E-state index is 0.0403. The Bertz CT molecular complexity index is 392. The smallest absolute Gasteiger partial charge is 0.265 e. The van der Waals surface area contributed by atoms with E-state index in [4.69, 9.17) is 9.84 Å². The summed E-state index contributed by atoms with van der Waals surface area (Å²) in [5.74, 6) is -0.108. The van der Waals surface area contributed by atoms with Gasteiger partial charge in [0.2, 0.25) is 0 Å². The first-order chi connectivity index (χ1) is 8.01. The molecule has 0 bridgehead atoms. The molecule has 0 spiro atoms. The van der Waals surface area contributed by atoms with Crippen molar-refractivity contribution in [3.63, 3.8) is 0 Å². The molecule has 1 N–H and O–H groups in total. The zero-order valence-electron chi connectivity index (χ0n) is 10.6. The number of aliphatic hydroxyl groups excluding tert-OH is 1. The van der Waals surface area contributed by atoms with Crippen molar-refractivity contribution in [2.24, 2.45) is 0 Å². The van der Waals surface area contributed by atoms with Crippen LogP contribution in [-0.4, -0.2) is 48.2 Å². The fourth-order valence-electron chi connectivity index (χ4n) is 1.32. The molecule has 17 heavy (non-hydrogen) atoms. The van der Waals surface area contributed by atoms with Crippen molar-refractivity contribution in [3.05, 3.63) is 15.6 Å². The molecular formula is C11H18N2O3S. The van der Waals surface area contributed by atoms with Crippen molar-refractivity contribution in [2.45, 2.75) is 20.0 Å². The monoisotopic (exact) mass is 258 g/mol. The van der Waals surface area contributed by atoms with Crippen LogP contribution < -0.4 is 0 Å². The maximum atomic E-state index is 12.0. The maximum Gasteiger partial charge on any atom is 0.265 e. The second-order valence-electron chi connectivity index (χ2n) is 3.79. The van der Waals surface area contributed by atoms with Gasteiger partial charge in [-0.05, 0) is 13.8 Å². The van der Waals surface area contributed by atoms with E-state index in [9.17, 15) is 4.79 Å². The van der Waals surface area contributed by atoms with Gasteiger partial charge in [-0.25, -0.2) is 4.98 Å². The molecule has 1 aromatic heterocycles. The Morgan fingerprint density at radius 1 is 1.65 bits per heavy atom. The number of amides is 1. The first-order valence-electron chi connectivity index (χ1n) is 5.37. The van der Waals surface area contributed by atoms with Gasteiger partial charge in [0.1, 0.15) is 16.0 Å². The van der Waals surface area contributed by atoms with Crippen LogP contribution in [0.5, 0.6) is 0 Å². The molecule has 0 saturated heterocycles. The van der Waals surface area contributed by atoms with Crippen LogP contribution in [0, 0.1) is 6.92 Å². The molecular weight excluding hydrogens is 240 g/mol. The van der Waals surface area contributed by atoms with Crippen LogP contribution >= 0.6 is 11.3 Å². The third-order valence-corrected chi connectivity index (χ3v) is 3.80. The third-order valence-electron chi connectivity index (χ3n) is 2.49. The van der Waals surface area contributed by atoms with Crippen molar-refractivity contribution in [1.82, 2.24) is 9.88 Å². The number of nitrogens with zero attached hydrogens (tertiary/aromatic N) is 2. The van der Waals surface area contributed by atoms with Crippen LogP contribution in [0.3, 0.4) is 0 Å². The van der Waals surface area contributed by atoms with Gasteiger partial charge in [-0.15, -0.1) is 11.3 Å². The molecule has 0 aliphatic rings. The average molecular weight is 258 g/mol. The molecule has 1 rings (SSSR count). The standard InChI is InChI=1S/C11H18N2O3S/c1-7-9(11(15)13(3)5-6-14)17-10(12-7)8(2)16-4/h8,14H,5-6H2,1-4H3. The number of aryl methyl sites for hydroxylation is 1. The highest BCUT2D eigenvalue weighted by Gasteiger charge is 2.20. The Labute approximate surface area is 105 Å². The molecule has 0 aromatic carbocycles. The molecule has 1 atom stereocenters. The van der Waals surface area contributed by atoms with E-state index in [1.54, 1.807) is 14.2 Å². The van der Waals surface area contributed by atoms with E-state index < -0.39 is 0 Å². The molecule has 1 amide bonds. The number of carbonyl (C=O) groups excluding carboxylic acids is 1. The van der Waals surface area contributed by atoms with Crippen LogP contribution in [-0.2, 0) is 4.74 Å². The van der Waals surface area contributed by atoms with E-state index in [-0.39, 0.29) is 18.6 Å². The number of carbonyl (C=O) groups is 1. The second-order valence-corrected chi connectivity index (χ2v) is 4.83. The molecule has 1 aromatic rings. The number of aliphatic hydroxyl groups is 1. The number of hydrogen-bond donors (Lipinski definition) is 1. The molecule has 0 radical (unpaired) electrons. The zero-order valence-corrected chi connectivity index (χ0v) is 11.4. The fraction of sp³-hybridized carbons (Fsp3) is 0.636. The third kappa shape index (κ3) is 3.24. The van der Waals surface area contributed by atoms with Crippen molar-refractivity contribution in [3.8, 4) is 0 Å². The van der Waals surface area contributed by atoms with Crippen molar-refractivity contribution < 1.29 is 14.6 Å². The number of hydrogen-bond acceptors (Lipinski definition) is 5. The summed E-state index contributed by atoms with van der Waals surface area (Å²) in [5.41, 5.74) is 0.712. The number of ether oxygens (including phenoxy) is 1. The Kier molecular flexibility index (Phi) is 5.04. The van der Waals surface area contributed by atoms with Crippen LogP contribution in [0.2, 0.25) is 0 Å². The Hall–Kier alpha value is -0.980. The summed E-state index contributed by atoms with van der Waals surface area (Å²) in [6.07, 6.45) is -0.108. The van der Waals surface area contributed by atoms with Crippen molar-refractivity contribution in [2.75, 3.05) is 27.3 Å². The molecule has 5 nitrogen and oxygen atoms in total. The van der Waals surface area contributed by atoms with E-state index >= 15 is 0 Å². The first-order valence-corrected chi connectivity index (χ1v) is 6.19. The number of methoxy groups -OCH3 is 1. The van der Waals surface area contributed by atoms with Crippen LogP contribution in [0.4, 0.5) is 0 Å². The molecule has 1 heterocycles. The summed E-state index contributed by atoms with van der Waals surface area (Å²) in [6, 6.07) is 0. The fourth-order valence-corrected chi connectivity index (χ4v) is 2.41. The number of likely N-dealkylation sites (N-methyl/N-ethyl adjacent to an activating group) is 1. The van der Waals surface area contributed by atoms with Crippen LogP contribution in [0.25, 0.3) is 0 Å². The van der Waals surface area contributed by atoms with Gasteiger partial charge in [0.15, 0.2) is 0 Å². The minimum Gasteiger partial charge on any atom is -0.395 e. The zero-order chi connectivity index (χ0) is 13.0. The first kappa shape index (κ1) is 14.1. The predicted octanol–water partition coefficient (Wildman–Crippen LogP) is 1.22. The van der Waals surface area contributed by atoms with E-state index in [0.717, 1.165) is 5.01 Å². The molecule has 6 heteroatoms. The normalized spacial score (nSPS) is 12.5. The van der Waals surface area contributed by atoms with Crippen LogP contribution in [0.1, 0.15) is 33.4 Å². The highest BCUT2D eigenvalue weighted by Crippen LogP contribution is 2.26. The van der Waals surface area contributed by atoms with Gasteiger partial charge in [0.25, 0.3) is 5.91 Å². The Balaban J connectivity index is 2.91. The van der Waals surface area contributed by atoms with Crippen LogP contribution in [0.15, 0.2) is 0 Å². The Morgan fingerprint density at radius 2 is 2.29 bits per heavy atom. The van der Waals surface area contributed by atoms with Gasteiger partial charge in [-0.3, -0.25) is 4.79 Å². The summed E-state index contributed by atoms with van der Waals surface area (Å²) in [7, 11) is 3.28. The lowest BCUT2D eigenvalue weighted by Crippen LogP contribution is -2.29. The largest absolute Gasteiger partial charge is 0.395 e. The van der Waals surface area contributed by atoms with Gasteiger partial charge in [0, 0.05) is 20.7 Å². The SMILES string of the molecule is COC(C)c1nc(C)c(C(=O)N(C)CCO)s1. The lowest BCUT2D eigenvalue weighted by molar-refractivity contribution is 0.0771. The summed E-state index contributed by atoms with van der Waals surface area (Å²) in [4.78, 5) is 18.5. The molecule has 1 unspecified atom stereocenters. The molecule has 96 valence electrons. The van der Waals surface area contributed by atoms with Gasteiger partial charge in [-0.2, -0.15) is 0 Å². The minimum atomic E-state index is -0.108. The van der Waals surface area contributed by atoms with Crippen molar-refractivity contribution in [1.29, 1.82) is 0 Å². The van der Waals surface area contributed by atoms with Gasteiger partial charge >= 0.3 is 0 Å². The lowest BCUT2D eigenvalue weighted by atomic mass is 10.3. The Morgan fingerprint density at radius 3 is 2.82 bits per heavy atom. The van der Waals surface area contributed by atoms with Gasteiger partial charge in [0.05, 0.1) is 12.3 Å². The quantitative estimate of drug-likeness (QED) is 0.862. The number of aromatic nitrogens is 1. The second kappa shape index (κ2) is 6.09. The average Bonchev–Trinajstić information content (AvgIpc) is 2.69. The number of thiazole rings is 1. The van der Waals surface area contributed by atoms with Gasteiger partial charge < -0.3 is 14.7 Å². The van der Waals surface area contributed by atoms with E-state index in [1.807, 2.05) is 13.8 Å². The van der Waals surface area contributed by atoms with Gasteiger partial charge in [-0.1, -0.05) is 0 Å². The molecule has 0 saturated carbocycles. The number of rotatable bonds is 5. The summed E-state index contributed by atoms with van der Waals surface area (Å²) in [5, 5.41) is 9.60. The summed E-state index contributed by atoms with van der Waals surface area (Å²) < 4.78 is 5.18. The van der Waals surface area contributed by atoms with E-state index in [1.165, 1.54) is 16.2 Å². The molecule has 0 aliphatic heterocycles. The maximum absolute atomic E-state index is 12.0. The highest BCUT2D eigenvalue weighted by atomic mass is 32.1. The van der Waals surface area contributed by atoms with E-state index in [2.05, 4.69) is 4.98 Å². The molecule has 0 fully saturated rings. The summed E-state index contributed by atoms with van der Waals surface area (Å²) in [6.45, 7) is 3.99. The lowest BCUT2D eigenvalue weighted by Gasteiger charge is -2.14. The predicted molar refractivity (Wildman–Crippen MR) is 66.3 cm³/mol. The highest BCUT2D eigenvalue weighted by molar-refractivity contribution is 7.13. The summed E-state index contributed by atoms with van der Waals surface area (Å²) >= 11 is 1.35. The van der Waals surface area contributed by atoms with E-state index in [0.29, 0.717) is 17.1 Å². The molecule has 0 aliphatic carbocycles. The van der Waals surface area contributed by atoms with Crippen molar-refractivity contribution >= 4 is 17.2 Å².